The van der Waals surface area contributed by atoms with Crippen molar-refractivity contribution in [3.63, 3.8) is 0 Å². The standard InChI is InChI=1S/C27H29FN6O3/c1-17(27(9-10-27)18(2)33-11-13-36-14-12-33)29-20-5-6-22(21(28)15-20)37-25-8-7-24-30-23(16-34(24)32-25)31-26(35)19-3-4-19/h5-8,15-16,19,29H,1-4,9-14H2,(H,31,35). The number of morpholine rings is 1. The smallest absolute Gasteiger partial charge is 0.237 e. The number of carbonyl (C=O) groups is 1. The predicted molar refractivity (Wildman–Crippen MR) is 137 cm³/mol. The molecule has 1 aromatic carbocycles. The Labute approximate surface area is 214 Å². The number of ether oxygens (including phenoxy) is 2. The fourth-order valence-corrected chi connectivity index (χ4v) is 4.65. The largest absolute Gasteiger partial charge is 0.434 e. The maximum absolute atomic E-state index is 15.0. The zero-order valence-electron chi connectivity index (χ0n) is 20.5. The van der Waals surface area contributed by atoms with Gasteiger partial charge < -0.3 is 25.0 Å². The molecule has 3 aromatic rings. The van der Waals surface area contributed by atoms with Crippen molar-refractivity contribution in [2.24, 2.45) is 11.3 Å². The second-order valence-corrected chi connectivity index (χ2v) is 9.84. The van der Waals surface area contributed by atoms with E-state index in [9.17, 15) is 9.18 Å². The van der Waals surface area contributed by atoms with Gasteiger partial charge in [-0.15, -0.1) is 5.10 Å². The Morgan fingerprint density at radius 2 is 1.92 bits per heavy atom. The molecule has 0 unspecified atom stereocenters. The number of imidazole rings is 1. The van der Waals surface area contributed by atoms with Gasteiger partial charge >= 0.3 is 0 Å². The van der Waals surface area contributed by atoms with E-state index >= 15 is 0 Å². The van der Waals surface area contributed by atoms with E-state index < -0.39 is 5.82 Å². The lowest BCUT2D eigenvalue weighted by Crippen LogP contribution is -2.38. The minimum atomic E-state index is -0.528. The van der Waals surface area contributed by atoms with Crippen LogP contribution in [-0.4, -0.2) is 51.7 Å². The number of nitrogens with zero attached hydrogens (tertiary/aromatic N) is 4. The first-order valence-electron chi connectivity index (χ1n) is 12.5. The van der Waals surface area contributed by atoms with E-state index in [0.29, 0.717) is 30.4 Å². The molecule has 2 aromatic heterocycles. The van der Waals surface area contributed by atoms with Crippen LogP contribution in [0.4, 0.5) is 15.9 Å². The number of fused-ring (bicyclic) bond motifs is 1. The minimum Gasteiger partial charge on any atom is -0.434 e. The second-order valence-electron chi connectivity index (χ2n) is 9.84. The highest BCUT2D eigenvalue weighted by Crippen LogP contribution is 2.57. The molecule has 1 aliphatic heterocycles. The molecule has 3 aliphatic rings. The molecular formula is C27H29FN6O3. The first kappa shape index (κ1) is 23.5. The topological polar surface area (TPSA) is 93.0 Å². The second kappa shape index (κ2) is 9.19. The van der Waals surface area contributed by atoms with E-state index in [4.69, 9.17) is 9.47 Å². The molecule has 0 bridgehead atoms. The number of hydrogen-bond donors (Lipinski definition) is 2. The van der Waals surface area contributed by atoms with Gasteiger partial charge in [-0.2, -0.15) is 0 Å². The van der Waals surface area contributed by atoms with E-state index in [1.54, 1.807) is 30.5 Å². The van der Waals surface area contributed by atoms with Crippen molar-refractivity contribution < 1.29 is 18.7 Å². The highest BCUT2D eigenvalue weighted by molar-refractivity contribution is 5.93. The minimum absolute atomic E-state index is 0.0312. The van der Waals surface area contributed by atoms with Crippen molar-refractivity contribution in [2.45, 2.75) is 25.7 Å². The number of benzene rings is 1. The number of aromatic nitrogens is 3. The summed E-state index contributed by atoms with van der Waals surface area (Å²) >= 11 is 0. The molecular weight excluding hydrogens is 475 g/mol. The summed E-state index contributed by atoms with van der Waals surface area (Å²) < 4.78 is 27.6. The van der Waals surface area contributed by atoms with Gasteiger partial charge in [0.15, 0.2) is 23.0 Å². The van der Waals surface area contributed by atoms with Gasteiger partial charge in [-0.1, -0.05) is 13.2 Å². The van der Waals surface area contributed by atoms with Gasteiger partial charge in [-0.3, -0.25) is 4.79 Å². The van der Waals surface area contributed by atoms with Crippen LogP contribution in [0.2, 0.25) is 0 Å². The molecule has 0 spiro atoms. The molecule has 3 fully saturated rings. The van der Waals surface area contributed by atoms with E-state index in [2.05, 4.69) is 38.8 Å². The molecule has 2 N–H and O–H groups in total. The fraction of sp³-hybridized carbons (Fsp3) is 0.370. The van der Waals surface area contributed by atoms with Crippen LogP contribution in [0.3, 0.4) is 0 Å². The highest BCUT2D eigenvalue weighted by Gasteiger charge is 2.50. The Balaban J connectivity index is 1.11. The van der Waals surface area contributed by atoms with Gasteiger partial charge in [0.05, 0.1) is 19.4 Å². The maximum Gasteiger partial charge on any atom is 0.237 e. The number of amides is 1. The molecule has 1 amide bonds. The van der Waals surface area contributed by atoms with Gasteiger partial charge in [0.2, 0.25) is 11.8 Å². The number of anilines is 2. The third-order valence-corrected chi connectivity index (χ3v) is 7.21. The number of carbonyl (C=O) groups excluding carboxylic acids is 1. The summed E-state index contributed by atoms with van der Waals surface area (Å²) in [7, 11) is 0. The van der Waals surface area contributed by atoms with Crippen LogP contribution in [0.25, 0.3) is 5.65 Å². The Morgan fingerprint density at radius 1 is 1.14 bits per heavy atom. The summed E-state index contributed by atoms with van der Waals surface area (Å²) in [5.74, 6) is 0.189. The van der Waals surface area contributed by atoms with Gasteiger partial charge in [0.1, 0.15) is 0 Å². The van der Waals surface area contributed by atoms with Crippen LogP contribution in [0, 0.1) is 17.2 Å². The monoisotopic (exact) mass is 504 g/mol. The summed E-state index contributed by atoms with van der Waals surface area (Å²) in [6.07, 6.45) is 5.36. The highest BCUT2D eigenvalue weighted by atomic mass is 19.1. The van der Waals surface area contributed by atoms with E-state index in [0.717, 1.165) is 50.2 Å². The molecule has 0 atom stereocenters. The van der Waals surface area contributed by atoms with Crippen molar-refractivity contribution in [1.82, 2.24) is 19.5 Å². The number of halogens is 1. The fourth-order valence-electron chi connectivity index (χ4n) is 4.65. The summed E-state index contributed by atoms with van der Waals surface area (Å²) in [6.45, 7) is 11.6. The number of rotatable bonds is 9. The maximum atomic E-state index is 15.0. The van der Waals surface area contributed by atoms with E-state index in [-0.39, 0.29) is 28.9 Å². The normalized spacial score (nSPS) is 18.4. The van der Waals surface area contributed by atoms with Gasteiger partial charge in [-0.25, -0.2) is 13.9 Å². The van der Waals surface area contributed by atoms with E-state index in [1.165, 1.54) is 10.6 Å². The third-order valence-electron chi connectivity index (χ3n) is 7.21. The Hall–Kier alpha value is -3.92. The zero-order chi connectivity index (χ0) is 25.6. The van der Waals surface area contributed by atoms with Crippen molar-refractivity contribution in [1.29, 1.82) is 0 Å². The van der Waals surface area contributed by atoms with Crippen LogP contribution >= 0.6 is 0 Å². The molecule has 10 heteroatoms. The average molecular weight is 505 g/mol. The van der Waals surface area contributed by atoms with Crippen molar-refractivity contribution >= 4 is 23.1 Å². The molecule has 3 heterocycles. The number of hydrogen-bond acceptors (Lipinski definition) is 7. The Kier molecular flexibility index (Phi) is 5.83. The average Bonchev–Trinajstić information content (AvgIpc) is 3.82. The van der Waals surface area contributed by atoms with Crippen molar-refractivity contribution in [3.8, 4) is 11.6 Å². The van der Waals surface area contributed by atoms with E-state index in [1.807, 2.05) is 0 Å². The van der Waals surface area contributed by atoms with Crippen LogP contribution < -0.4 is 15.4 Å². The van der Waals surface area contributed by atoms with Gasteiger partial charge in [-0.05, 0) is 43.9 Å². The number of nitrogens with one attached hydrogen (secondary N) is 2. The zero-order valence-corrected chi connectivity index (χ0v) is 20.5. The lowest BCUT2D eigenvalue weighted by atomic mass is 9.97. The third kappa shape index (κ3) is 4.76. The molecule has 2 aliphatic carbocycles. The molecule has 0 radical (unpaired) electrons. The van der Waals surface area contributed by atoms with Crippen molar-refractivity contribution in [2.75, 3.05) is 36.9 Å². The predicted octanol–water partition coefficient (Wildman–Crippen LogP) is 4.56. The summed E-state index contributed by atoms with van der Waals surface area (Å²) in [5, 5.41) is 10.4. The molecule has 192 valence electrons. The quantitative estimate of drug-likeness (QED) is 0.441. The lowest BCUT2D eigenvalue weighted by molar-refractivity contribution is -0.117. The molecule has 6 rings (SSSR count). The van der Waals surface area contributed by atoms with Gasteiger partial charge in [0.25, 0.3) is 0 Å². The molecule has 1 saturated heterocycles. The van der Waals surface area contributed by atoms with Crippen LogP contribution in [-0.2, 0) is 9.53 Å². The first-order chi connectivity index (χ1) is 17.9. The first-order valence-corrected chi connectivity index (χ1v) is 12.5. The van der Waals surface area contributed by atoms with Crippen LogP contribution in [0.1, 0.15) is 25.7 Å². The summed E-state index contributed by atoms with van der Waals surface area (Å²) in [5.41, 5.74) is 2.79. The Bertz CT molecular complexity index is 1390. The summed E-state index contributed by atoms with van der Waals surface area (Å²) in [6, 6.07) is 8.00. The SMILES string of the molecule is C=C(Nc1ccc(Oc2ccc3nc(NC(=O)C4CC4)cn3n2)c(F)c1)C1(C(=C)N2CCOCC2)CC1. The molecule has 9 nitrogen and oxygen atoms in total. The lowest BCUT2D eigenvalue weighted by Gasteiger charge is -2.35. The Morgan fingerprint density at radius 3 is 2.62 bits per heavy atom. The van der Waals surface area contributed by atoms with Gasteiger partial charge in [0, 0.05) is 53.6 Å². The molecule has 2 saturated carbocycles. The van der Waals surface area contributed by atoms with Crippen molar-refractivity contribution in [3.05, 3.63) is 66.9 Å². The van der Waals surface area contributed by atoms with Crippen LogP contribution in [0.5, 0.6) is 11.6 Å². The van der Waals surface area contributed by atoms with Crippen LogP contribution in [0.15, 0.2) is 61.1 Å². The summed E-state index contributed by atoms with van der Waals surface area (Å²) in [4.78, 5) is 18.6. The molecule has 37 heavy (non-hydrogen) atoms.